The number of ether oxygens (including phenoxy) is 1. The van der Waals surface area contributed by atoms with Crippen molar-refractivity contribution in [2.45, 2.75) is 96.2 Å². The third-order valence-corrected chi connectivity index (χ3v) is 4.26. The molecule has 2 atom stereocenters. The molecule has 0 aromatic carbocycles. The molecule has 0 spiro atoms. The van der Waals surface area contributed by atoms with Crippen LogP contribution in [0.15, 0.2) is 12.2 Å². The minimum absolute atomic E-state index is 0.205. The number of carboxylic acid groups (broad SMARTS) is 1. The minimum atomic E-state index is -1.21. The molecule has 0 amide bonds. The summed E-state index contributed by atoms with van der Waals surface area (Å²) in [4.78, 5) is 10.5. The number of allylic oxidation sites excluding steroid dienone is 1. The predicted molar refractivity (Wildman–Crippen MR) is 101 cm³/mol. The van der Waals surface area contributed by atoms with E-state index in [2.05, 4.69) is 12.2 Å². The Labute approximate surface area is 153 Å². The number of aliphatic carboxylic acids is 1. The van der Waals surface area contributed by atoms with E-state index in [1.165, 1.54) is 0 Å². The van der Waals surface area contributed by atoms with Gasteiger partial charge in [0.2, 0.25) is 0 Å². The molecule has 0 aromatic heterocycles. The van der Waals surface area contributed by atoms with Gasteiger partial charge in [0.1, 0.15) is 0 Å². The van der Waals surface area contributed by atoms with Gasteiger partial charge in [0.25, 0.3) is 0 Å². The molecule has 0 heterocycles. The molecule has 2 unspecified atom stereocenters. The lowest BCUT2D eigenvalue weighted by molar-refractivity contribution is -0.146. The summed E-state index contributed by atoms with van der Waals surface area (Å²) in [7, 11) is 0. The molecular weight excluding hydrogens is 320 g/mol. The van der Waals surface area contributed by atoms with Gasteiger partial charge in [-0.05, 0) is 39.0 Å². The van der Waals surface area contributed by atoms with Gasteiger partial charge in [0.05, 0.1) is 6.10 Å². The van der Waals surface area contributed by atoms with Gasteiger partial charge in [0, 0.05) is 13.2 Å². The van der Waals surface area contributed by atoms with Crippen LogP contribution in [0.4, 0.5) is 0 Å². The van der Waals surface area contributed by atoms with Crippen molar-refractivity contribution in [3.63, 3.8) is 0 Å². The van der Waals surface area contributed by atoms with E-state index in [-0.39, 0.29) is 12.7 Å². The third kappa shape index (κ3) is 16.3. The SMILES string of the molecule is CCOC(C=CCCCCCCCC(O)C(=O)O)CCCCCCO. The highest BCUT2D eigenvalue weighted by atomic mass is 16.5. The summed E-state index contributed by atoms with van der Waals surface area (Å²) in [6, 6.07) is 0. The molecule has 3 N–H and O–H groups in total. The Morgan fingerprint density at radius 3 is 2.20 bits per heavy atom. The highest BCUT2D eigenvalue weighted by Gasteiger charge is 2.11. The number of aliphatic hydroxyl groups is 2. The van der Waals surface area contributed by atoms with Crippen LogP contribution >= 0.6 is 0 Å². The van der Waals surface area contributed by atoms with E-state index in [0.717, 1.165) is 77.2 Å². The Hall–Kier alpha value is -0.910. The van der Waals surface area contributed by atoms with Crippen LogP contribution in [0.1, 0.15) is 84.0 Å². The molecule has 0 rings (SSSR count). The fourth-order valence-electron chi connectivity index (χ4n) is 2.76. The zero-order chi connectivity index (χ0) is 18.8. The number of hydrogen-bond donors (Lipinski definition) is 3. The first-order valence-corrected chi connectivity index (χ1v) is 9.91. The summed E-state index contributed by atoms with van der Waals surface area (Å²) in [5.74, 6) is -1.12. The fraction of sp³-hybridized carbons (Fsp3) is 0.850. The number of carbonyl (C=O) groups is 1. The summed E-state index contributed by atoms with van der Waals surface area (Å²) in [5, 5.41) is 26.5. The van der Waals surface area contributed by atoms with Crippen molar-refractivity contribution in [1.82, 2.24) is 0 Å². The highest BCUT2D eigenvalue weighted by Crippen LogP contribution is 2.12. The van der Waals surface area contributed by atoms with Crippen LogP contribution in [0, 0.1) is 0 Å². The zero-order valence-corrected chi connectivity index (χ0v) is 15.9. The predicted octanol–water partition coefficient (Wildman–Crippen LogP) is 4.07. The monoisotopic (exact) mass is 358 g/mol. The van der Waals surface area contributed by atoms with E-state index in [9.17, 15) is 4.79 Å². The number of carboxylic acids is 1. The van der Waals surface area contributed by atoms with E-state index in [1.54, 1.807) is 0 Å². The maximum Gasteiger partial charge on any atom is 0.332 e. The molecule has 0 fully saturated rings. The Kier molecular flexibility index (Phi) is 17.2. The first kappa shape index (κ1) is 24.1. The molecule has 5 nitrogen and oxygen atoms in total. The van der Waals surface area contributed by atoms with E-state index >= 15 is 0 Å². The van der Waals surface area contributed by atoms with Crippen molar-refractivity contribution in [2.75, 3.05) is 13.2 Å². The summed E-state index contributed by atoms with van der Waals surface area (Å²) < 4.78 is 5.74. The summed E-state index contributed by atoms with van der Waals surface area (Å²) >= 11 is 0. The lowest BCUT2D eigenvalue weighted by atomic mass is 10.1. The number of hydrogen-bond acceptors (Lipinski definition) is 4. The number of unbranched alkanes of at least 4 members (excludes halogenated alkanes) is 8. The summed E-state index contributed by atoms with van der Waals surface area (Å²) in [6.07, 6.45) is 15.2. The maximum atomic E-state index is 10.5. The topological polar surface area (TPSA) is 87.0 Å². The average Bonchev–Trinajstić information content (AvgIpc) is 2.59. The second-order valence-electron chi connectivity index (χ2n) is 6.55. The van der Waals surface area contributed by atoms with Crippen LogP contribution in [0.3, 0.4) is 0 Å². The third-order valence-electron chi connectivity index (χ3n) is 4.26. The molecule has 0 bridgehead atoms. The standard InChI is InChI=1S/C20H38O5/c1-2-25-18(15-11-8-9-13-17-21)14-10-6-4-3-5-7-12-16-19(22)20(23)24/h10,14,18-19,21-22H,2-9,11-13,15-17H2,1H3,(H,23,24). The van der Waals surface area contributed by atoms with Crippen molar-refractivity contribution in [1.29, 1.82) is 0 Å². The summed E-state index contributed by atoms with van der Waals surface area (Å²) in [5.41, 5.74) is 0. The Morgan fingerprint density at radius 2 is 1.56 bits per heavy atom. The maximum absolute atomic E-state index is 10.5. The molecule has 25 heavy (non-hydrogen) atoms. The van der Waals surface area contributed by atoms with Crippen molar-refractivity contribution < 1.29 is 24.9 Å². The van der Waals surface area contributed by atoms with E-state index in [0.29, 0.717) is 6.42 Å². The van der Waals surface area contributed by atoms with Crippen LogP contribution in [0.25, 0.3) is 0 Å². The van der Waals surface area contributed by atoms with E-state index in [1.807, 2.05) is 6.92 Å². The van der Waals surface area contributed by atoms with Crippen molar-refractivity contribution in [2.24, 2.45) is 0 Å². The second-order valence-corrected chi connectivity index (χ2v) is 6.55. The Morgan fingerprint density at radius 1 is 0.960 bits per heavy atom. The molecule has 0 saturated carbocycles. The minimum Gasteiger partial charge on any atom is -0.479 e. The van der Waals surface area contributed by atoms with Gasteiger partial charge in [0.15, 0.2) is 6.10 Å². The normalized spacial score (nSPS) is 14.0. The lowest BCUT2D eigenvalue weighted by Gasteiger charge is -2.12. The van der Waals surface area contributed by atoms with Crippen LogP contribution in [-0.2, 0) is 9.53 Å². The molecule has 0 radical (unpaired) electrons. The second kappa shape index (κ2) is 17.9. The molecule has 0 aliphatic carbocycles. The number of aliphatic hydroxyl groups excluding tert-OH is 2. The molecule has 0 saturated heterocycles. The van der Waals surface area contributed by atoms with E-state index in [4.69, 9.17) is 20.1 Å². The van der Waals surface area contributed by atoms with Crippen LogP contribution in [0.2, 0.25) is 0 Å². The smallest absolute Gasteiger partial charge is 0.332 e. The first-order valence-electron chi connectivity index (χ1n) is 9.91. The molecule has 148 valence electrons. The molecule has 0 aromatic rings. The Bertz CT molecular complexity index is 330. The first-order chi connectivity index (χ1) is 12.1. The van der Waals surface area contributed by atoms with Crippen molar-refractivity contribution in [3.8, 4) is 0 Å². The number of rotatable bonds is 18. The Balaban J connectivity index is 3.62. The molecule has 5 heteroatoms. The van der Waals surface area contributed by atoms with Gasteiger partial charge in [-0.2, -0.15) is 0 Å². The zero-order valence-electron chi connectivity index (χ0n) is 15.9. The largest absolute Gasteiger partial charge is 0.479 e. The van der Waals surface area contributed by atoms with Gasteiger partial charge in [-0.1, -0.05) is 57.1 Å². The van der Waals surface area contributed by atoms with Gasteiger partial charge in [-0.15, -0.1) is 0 Å². The molecular formula is C20H38O5. The molecule has 0 aliphatic heterocycles. The fourth-order valence-corrected chi connectivity index (χ4v) is 2.76. The van der Waals surface area contributed by atoms with Crippen molar-refractivity contribution >= 4 is 5.97 Å². The van der Waals surface area contributed by atoms with Crippen LogP contribution < -0.4 is 0 Å². The molecule has 0 aliphatic rings. The van der Waals surface area contributed by atoms with Gasteiger partial charge in [-0.25, -0.2) is 4.79 Å². The summed E-state index contributed by atoms with van der Waals surface area (Å²) in [6.45, 7) is 3.04. The highest BCUT2D eigenvalue weighted by molar-refractivity contribution is 5.71. The lowest BCUT2D eigenvalue weighted by Crippen LogP contribution is -2.18. The average molecular weight is 359 g/mol. The van der Waals surface area contributed by atoms with Crippen molar-refractivity contribution in [3.05, 3.63) is 12.2 Å². The van der Waals surface area contributed by atoms with Crippen LogP contribution in [0.5, 0.6) is 0 Å². The van der Waals surface area contributed by atoms with Crippen LogP contribution in [-0.4, -0.2) is 46.7 Å². The van der Waals surface area contributed by atoms with E-state index < -0.39 is 12.1 Å². The van der Waals surface area contributed by atoms with Gasteiger partial charge >= 0.3 is 5.97 Å². The quantitative estimate of drug-likeness (QED) is 0.254. The van der Waals surface area contributed by atoms with Gasteiger partial charge in [-0.3, -0.25) is 0 Å². The van der Waals surface area contributed by atoms with Gasteiger partial charge < -0.3 is 20.1 Å².